The highest BCUT2D eigenvalue weighted by Crippen LogP contribution is 2.12. The predicted octanol–water partition coefficient (Wildman–Crippen LogP) is 0.676. The molecule has 0 aromatic carbocycles. The van der Waals surface area contributed by atoms with Gasteiger partial charge in [0.2, 0.25) is 0 Å². The second kappa shape index (κ2) is 6.20. The number of hydrogen-bond donors (Lipinski definition) is 1. The first-order valence-corrected chi connectivity index (χ1v) is 5.61. The van der Waals surface area contributed by atoms with Crippen molar-refractivity contribution >= 4 is 11.9 Å². The molecule has 1 rings (SSSR count). The molecular formula is C12H18N2O4. The number of carbonyl (C=O) groups is 2. The molecule has 1 aromatic rings. The van der Waals surface area contributed by atoms with E-state index in [9.17, 15) is 9.59 Å². The van der Waals surface area contributed by atoms with E-state index in [4.69, 9.17) is 9.52 Å². The van der Waals surface area contributed by atoms with Crippen LogP contribution in [0.5, 0.6) is 0 Å². The minimum absolute atomic E-state index is 0.204. The number of rotatable bonds is 6. The molecule has 0 aliphatic carbocycles. The van der Waals surface area contributed by atoms with Gasteiger partial charge in [0.1, 0.15) is 6.54 Å². The Hall–Kier alpha value is -1.82. The van der Waals surface area contributed by atoms with Crippen molar-refractivity contribution in [3.8, 4) is 0 Å². The second-order valence-electron chi connectivity index (χ2n) is 4.36. The Morgan fingerprint density at radius 3 is 2.44 bits per heavy atom. The molecule has 6 heteroatoms. The maximum atomic E-state index is 12.1. The fourth-order valence-electron chi connectivity index (χ4n) is 1.47. The summed E-state index contributed by atoms with van der Waals surface area (Å²) in [7, 11) is 3.73. The molecule has 0 unspecified atom stereocenters. The van der Waals surface area contributed by atoms with Crippen molar-refractivity contribution in [3.63, 3.8) is 0 Å². The van der Waals surface area contributed by atoms with E-state index in [-0.39, 0.29) is 18.2 Å². The molecule has 0 aliphatic heterocycles. The predicted molar refractivity (Wildman–Crippen MR) is 65.5 cm³/mol. The number of nitrogens with zero attached hydrogens (tertiary/aromatic N) is 2. The lowest BCUT2D eigenvalue weighted by Crippen LogP contribution is -2.40. The third-order valence-electron chi connectivity index (χ3n) is 2.49. The fourth-order valence-corrected chi connectivity index (χ4v) is 1.47. The zero-order valence-corrected chi connectivity index (χ0v) is 10.8. The number of aliphatic carboxylic acids is 1. The van der Waals surface area contributed by atoms with Crippen molar-refractivity contribution in [2.75, 3.05) is 33.7 Å². The van der Waals surface area contributed by atoms with Crippen molar-refractivity contribution in [3.05, 3.63) is 23.7 Å². The highest BCUT2D eigenvalue weighted by Gasteiger charge is 2.22. The molecule has 1 amide bonds. The lowest BCUT2D eigenvalue weighted by atomic mass is 10.2. The van der Waals surface area contributed by atoms with E-state index < -0.39 is 5.97 Å². The van der Waals surface area contributed by atoms with Crippen molar-refractivity contribution in [1.29, 1.82) is 0 Å². The van der Waals surface area contributed by atoms with Crippen LogP contribution >= 0.6 is 0 Å². The quantitative estimate of drug-likeness (QED) is 0.808. The van der Waals surface area contributed by atoms with Gasteiger partial charge in [-0.15, -0.1) is 0 Å². The molecule has 1 heterocycles. The Morgan fingerprint density at radius 2 is 2.00 bits per heavy atom. The molecule has 0 saturated heterocycles. The second-order valence-corrected chi connectivity index (χ2v) is 4.36. The summed E-state index contributed by atoms with van der Waals surface area (Å²) in [4.78, 5) is 26.1. The minimum atomic E-state index is -1.04. The van der Waals surface area contributed by atoms with Gasteiger partial charge in [0.25, 0.3) is 5.91 Å². The van der Waals surface area contributed by atoms with Gasteiger partial charge in [0.05, 0.1) is 6.26 Å². The summed E-state index contributed by atoms with van der Waals surface area (Å²) in [5.74, 6) is -1.22. The number of amides is 1. The molecule has 6 nitrogen and oxygen atoms in total. The van der Waals surface area contributed by atoms with Crippen LogP contribution in [0.4, 0.5) is 0 Å². The van der Waals surface area contributed by atoms with Gasteiger partial charge in [-0.05, 0) is 27.1 Å². The highest BCUT2D eigenvalue weighted by molar-refractivity contribution is 5.94. The minimum Gasteiger partial charge on any atom is -0.480 e. The topological polar surface area (TPSA) is 74.0 Å². The molecule has 1 N–H and O–H groups in total. The molecule has 0 fully saturated rings. The zero-order valence-electron chi connectivity index (χ0n) is 10.8. The average molecular weight is 254 g/mol. The summed E-state index contributed by atoms with van der Waals surface area (Å²) >= 11 is 0. The van der Waals surface area contributed by atoms with E-state index in [1.807, 2.05) is 19.0 Å². The van der Waals surface area contributed by atoms with E-state index in [1.54, 1.807) is 13.0 Å². The van der Waals surface area contributed by atoms with Crippen molar-refractivity contribution in [2.24, 2.45) is 0 Å². The first-order chi connectivity index (χ1) is 8.41. The third kappa shape index (κ3) is 3.89. The molecule has 18 heavy (non-hydrogen) atoms. The summed E-state index contributed by atoms with van der Waals surface area (Å²) in [5.41, 5.74) is 0.709. The van der Waals surface area contributed by atoms with Gasteiger partial charge in [-0.25, -0.2) is 0 Å². The molecule has 100 valence electrons. The van der Waals surface area contributed by atoms with Gasteiger partial charge < -0.3 is 19.3 Å². The normalized spacial score (nSPS) is 10.7. The van der Waals surface area contributed by atoms with Crippen LogP contribution < -0.4 is 0 Å². The number of carboxylic acids is 1. The Bertz CT molecular complexity index is 425. The standard InChI is InChI=1S/C12H18N2O4/c1-9-4-7-18-11(9)12(17)14(8-10(15)16)6-5-13(2)3/h4,7H,5-6,8H2,1-3H3,(H,15,16). The molecule has 0 bridgehead atoms. The van der Waals surface area contributed by atoms with Crippen LogP contribution in [-0.2, 0) is 4.79 Å². The molecule has 0 saturated carbocycles. The Morgan fingerprint density at radius 1 is 1.33 bits per heavy atom. The molecular weight excluding hydrogens is 236 g/mol. The lowest BCUT2D eigenvalue weighted by molar-refractivity contribution is -0.137. The van der Waals surface area contributed by atoms with Crippen LogP contribution in [0.3, 0.4) is 0 Å². The first kappa shape index (κ1) is 14.2. The zero-order chi connectivity index (χ0) is 13.7. The van der Waals surface area contributed by atoms with Gasteiger partial charge in [0, 0.05) is 18.7 Å². The monoisotopic (exact) mass is 254 g/mol. The summed E-state index contributed by atoms with van der Waals surface area (Å²) in [6.07, 6.45) is 1.42. The van der Waals surface area contributed by atoms with Crippen LogP contribution in [0.1, 0.15) is 16.1 Å². The van der Waals surface area contributed by atoms with E-state index in [0.717, 1.165) is 0 Å². The van der Waals surface area contributed by atoms with Crippen molar-refractivity contribution in [2.45, 2.75) is 6.92 Å². The smallest absolute Gasteiger partial charge is 0.323 e. The fraction of sp³-hybridized carbons (Fsp3) is 0.500. The number of aryl methyl sites for hydroxylation is 1. The van der Waals surface area contributed by atoms with Crippen LogP contribution in [-0.4, -0.2) is 60.5 Å². The number of hydrogen-bond acceptors (Lipinski definition) is 4. The maximum absolute atomic E-state index is 12.1. The van der Waals surface area contributed by atoms with Crippen LogP contribution in [0, 0.1) is 6.92 Å². The summed E-state index contributed by atoms with van der Waals surface area (Å²) in [6.45, 7) is 2.37. The van der Waals surface area contributed by atoms with E-state index in [1.165, 1.54) is 11.2 Å². The number of carboxylic acid groups (broad SMARTS) is 1. The van der Waals surface area contributed by atoms with Crippen LogP contribution in [0.15, 0.2) is 16.7 Å². The van der Waals surface area contributed by atoms with Gasteiger partial charge in [-0.3, -0.25) is 9.59 Å². The van der Waals surface area contributed by atoms with E-state index in [2.05, 4.69) is 0 Å². The van der Waals surface area contributed by atoms with Crippen LogP contribution in [0.25, 0.3) is 0 Å². The van der Waals surface area contributed by atoms with Crippen molar-refractivity contribution in [1.82, 2.24) is 9.80 Å². The number of furan rings is 1. The van der Waals surface area contributed by atoms with Crippen LogP contribution in [0.2, 0.25) is 0 Å². The number of likely N-dealkylation sites (N-methyl/N-ethyl adjacent to an activating group) is 1. The molecule has 0 atom stereocenters. The Labute approximate surface area is 106 Å². The van der Waals surface area contributed by atoms with Gasteiger partial charge in [0.15, 0.2) is 5.76 Å². The van der Waals surface area contributed by atoms with Gasteiger partial charge >= 0.3 is 5.97 Å². The third-order valence-corrected chi connectivity index (χ3v) is 2.49. The largest absolute Gasteiger partial charge is 0.480 e. The van der Waals surface area contributed by atoms with Crippen molar-refractivity contribution < 1.29 is 19.1 Å². The molecule has 0 spiro atoms. The van der Waals surface area contributed by atoms with E-state index in [0.29, 0.717) is 18.7 Å². The summed E-state index contributed by atoms with van der Waals surface area (Å²) < 4.78 is 5.10. The number of carbonyl (C=O) groups excluding carboxylic acids is 1. The van der Waals surface area contributed by atoms with Gasteiger partial charge in [-0.2, -0.15) is 0 Å². The summed E-state index contributed by atoms with van der Waals surface area (Å²) in [5, 5.41) is 8.83. The van der Waals surface area contributed by atoms with Gasteiger partial charge in [-0.1, -0.05) is 0 Å². The Balaban J connectivity index is 2.79. The highest BCUT2D eigenvalue weighted by atomic mass is 16.4. The average Bonchev–Trinajstić information content (AvgIpc) is 2.69. The Kier molecular flexibility index (Phi) is 4.91. The summed E-state index contributed by atoms with van der Waals surface area (Å²) in [6, 6.07) is 1.68. The molecule has 0 aliphatic rings. The molecule has 0 radical (unpaired) electrons. The first-order valence-electron chi connectivity index (χ1n) is 5.61. The maximum Gasteiger partial charge on any atom is 0.323 e. The molecule has 1 aromatic heterocycles. The lowest BCUT2D eigenvalue weighted by Gasteiger charge is -2.21. The SMILES string of the molecule is Cc1ccoc1C(=O)N(CCN(C)C)CC(=O)O. The van der Waals surface area contributed by atoms with E-state index >= 15 is 0 Å².